The Morgan fingerprint density at radius 1 is 0.844 bits per heavy atom. The largest absolute Gasteiger partial charge is 2.00 e. The maximum absolute atomic E-state index is 2.28. The van der Waals surface area contributed by atoms with Gasteiger partial charge in [0, 0.05) is 9.52 Å². The molecule has 0 aliphatic rings. The normalized spacial score (nSPS) is 10.5. The van der Waals surface area contributed by atoms with Crippen LogP contribution in [0.2, 0.25) is 13.1 Å². The Morgan fingerprint density at radius 2 is 1.38 bits per heavy atom. The molecule has 0 aliphatic heterocycles. The van der Waals surface area contributed by atoms with E-state index in [0.29, 0.717) is 0 Å². The Labute approximate surface area is 218 Å². The monoisotopic (exact) mass is 517 g/mol. The van der Waals surface area contributed by atoms with Crippen molar-refractivity contribution in [3.8, 4) is 11.1 Å². The van der Waals surface area contributed by atoms with E-state index in [9.17, 15) is 0 Å². The molecule has 0 fully saturated rings. The Kier molecular flexibility index (Phi) is 11.3. The van der Waals surface area contributed by atoms with Gasteiger partial charge in [-0.3, -0.25) is 0 Å². The fourth-order valence-electron chi connectivity index (χ4n) is 3.74. The first kappa shape index (κ1) is 28.5. The summed E-state index contributed by atoms with van der Waals surface area (Å²) >= 11 is 0. The maximum Gasteiger partial charge on any atom is 2.00 e. The molecule has 4 rings (SSSR count). The number of rotatable bonds is 1. The van der Waals surface area contributed by atoms with Crippen LogP contribution in [0.15, 0.2) is 66.7 Å². The molecular weight excluding hydrogens is 480 g/mol. The van der Waals surface area contributed by atoms with Gasteiger partial charge >= 0.3 is 26.2 Å². The van der Waals surface area contributed by atoms with Crippen LogP contribution in [0.1, 0.15) is 48.6 Å². The van der Waals surface area contributed by atoms with Gasteiger partial charge in [-0.05, 0) is 16.5 Å². The maximum atomic E-state index is 2.28. The topological polar surface area (TPSA) is 0 Å². The summed E-state index contributed by atoms with van der Waals surface area (Å²) < 4.78 is 0. The summed E-state index contributed by atoms with van der Waals surface area (Å²) in [6.45, 7) is 19.7. The summed E-state index contributed by atoms with van der Waals surface area (Å²) in [7, 11) is 0.750. The van der Waals surface area contributed by atoms with Crippen LogP contribution >= 0.6 is 0 Å². The first-order valence-corrected chi connectivity index (χ1v) is 13.6. The average Bonchev–Trinajstić information content (AvgIpc) is 3.21. The fraction of sp³-hybridized carbons (Fsp3) is 0.333. The average molecular weight is 519 g/mol. The van der Waals surface area contributed by atoms with E-state index in [1.807, 2.05) is 0 Å². The van der Waals surface area contributed by atoms with Gasteiger partial charge in [0.1, 0.15) is 0 Å². The van der Waals surface area contributed by atoms with E-state index in [-0.39, 0.29) is 31.6 Å². The minimum absolute atomic E-state index is 0. The molecule has 0 saturated heterocycles. The molecule has 0 spiro atoms. The molecule has 0 nitrogen and oxygen atoms in total. The van der Waals surface area contributed by atoms with Gasteiger partial charge in [-0.2, -0.15) is 34.9 Å². The van der Waals surface area contributed by atoms with Crippen molar-refractivity contribution in [2.45, 2.75) is 67.0 Å². The quantitative estimate of drug-likeness (QED) is 0.175. The first-order chi connectivity index (χ1) is 14.6. The summed E-state index contributed by atoms with van der Waals surface area (Å²) in [4.78, 5) is 0. The van der Waals surface area contributed by atoms with Crippen LogP contribution in [0.25, 0.3) is 21.9 Å². The van der Waals surface area contributed by atoms with Gasteiger partial charge in [0.25, 0.3) is 0 Å². The molecule has 0 bridgehead atoms. The van der Waals surface area contributed by atoms with Crippen LogP contribution in [0, 0.1) is 27.7 Å². The third-order valence-electron chi connectivity index (χ3n) is 5.47. The van der Waals surface area contributed by atoms with E-state index >= 15 is 0 Å². The summed E-state index contributed by atoms with van der Waals surface area (Å²) in [5, 5.41) is 2.69. The van der Waals surface area contributed by atoms with Crippen molar-refractivity contribution in [1.29, 1.82) is 0 Å². The van der Waals surface area contributed by atoms with Crippen LogP contribution in [0.4, 0.5) is 0 Å². The number of hydrogen-bond acceptors (Lipinski definition) is 0. The predicted molar refractivity (Wildman–Crippen MR) is 144 cm³/mol. The van der Waals surface area contributed by atoms with Crippen molar-refractivity contribution in [1.82, 2.24) is 0 Å². The molecule has 4 aromatic rings. The minimum atomic E-state index is 0. The van der Waals surface area contributed by atoms with Gasteiger partial charge in [-0.15, -0.1) is 34.5 Å². The first-order valence-electron chi connectivity index (χ1n) is 11.3. The SMILES string of the molecule is C[SiH]C.Cc1c[c-](C)cc1C.Cc1cc2c(-c3ccc(C(C)(C)C)cc3)cccc2[cH-]1.[Zr+2]. The second-order valence-corrected chi connectivity index (χ2v) is 10.8. The van der Waals surface area contributed by atoms with E-state index in [2.05, 4.69) is 128 Å². The number of benzene rings is 2. The van der Waals surface area contributed by atoms with Crippen molar-refractivity contribution in [2.24, 2.45) is 0 Å². The Balaban J connectivity index is 0.000000358. The van der Waals surface area contributed by atoms with Gasteiger partial charge in [-0.25, -0.2) is 0 Å². The Hall–Kier alpha value is -1.50. The zero-order valence-corrected chi connectivity index (χ0v) is 25.0. The van der Waals surface area contributed by atoms with Gasteiger partial charge in [-0.1, -0.05) is 97.5 Å². The molecule has 2 heteroatoms. The number of aryl methyl sites for hydroxylation is 4. The molecule has 1 radical (unpaired) electrons. The van der Waals surface area contributed by atoms with Crippen LogP contribution < -0.4 is 0 Å². The Morgan fingerprint density at radius 3 is 1.81 bits per heavy atom. The van der Waals surface area contributed by atoms with E-state index in [1.54, 1.807) is 0 Å². The second kappa shape index (κ2) is 12.7. The van der Waals surface area contributed by atoms with Crippen molar-refractivity contribution in [3.05, 3.63) is 94.5 Å². The van der Waals surface area contributed by atoms with Gasteiger partial charge < -0.3 is 0 Å². The van der Waals surface area contributed by atoms with Crippen LogP contribution in [-0.4, -0.2) is 9.52 Å². The van der Waals surface area contributed by atoms with Crippen LogP contribution in [-0.2, 0) is 31.6 Å². The molecule has 0 amide bonds. The summed E-state index contributed by atoms with van der Waals surface area (Å²) in [5.74, 6) is 0. The standard InChI is InChI=1S/C20H21.C8H11.C2H7Si.Zr/c1-14-12-16-6-5-7-18(19(16)13-14)15-8-10-17(11-9-15)20(2,3)4;1-6-4-7(2)8(3)5-6;1-3-2;/h5-13H,1-4H3;4-5H,1-3H3;3H,1-2H3;/q2*-1;;+2. The van der Waals surface area contributed by atoms with E-state index in [0.717, 1.165) is 9.52 Å². The van der Waals surface area contributed by atoms with Crippen molar-refractivity contribution in [3.63, 3.8) is 0 Å². The number of fused-ring (bicyclic) bond motifs is 1. The van der Waals surface area contributed by atoms with Gasteiger partial charge in [0.2, 0.25) is 0 Å². The molecule has 0 aliphatic carbocycles. The molecule has 0 saturated carbocycles. The molecule has 0 atom stereocenters. The van der Waals surface area contributed by atoms with Crippen molar-refractivity contribution >= 4 is 20.3 Å². The van der Waals surface area contributed by atoms with Crippen LogP contribution in [0.3, 0.4) is 0 Å². The summed E-state index contributed by atoms with van der Waals surface area (Å²) in [5.41, 5.74) is 9.74. The molecule has 167 valence electrons. The molecule has 0 heterocycles. The summed E-state index contributed by atoms with van der Waals surface area (Å²) in [6.07, 6.45) is 0. The fourth-order valence-corrected chi connectivity index (χ4v) is 3.74. The van der Waals surface area contributed by atoms with Crippen molar-refractivity contribution < 1.29 is 26.2 Å². The van der Waals surface area contributed by atoms with Crippen LogP contribution in [0.5, 0.6) is 0 Å². The molecular formula is C30H39SiZr. The van der Waals surface area contributed by atoms with E-state index in [1.165, 1.54) is 49.7 Å². The zero-order chi connectivity index (χ0) is 23.2. The van der Waals surface area contributed by atoms with E-state index in [4.69, 9.17) is 0 Å². The summed E-state index contributed by atoms with van der Waals surface area (Å²) in [6, 6.07) is 24.5. The van der Waals surface area contributed by atoms with Crippen molar-refractivity contribution in [2.75, 3.05) is 0 Å². The third kappa shape index (κ3) is 7.82. The molecule has 4 aromatic carbocycles. The number of hydrogen-bond donors (Lipinski definition) is 0. The third-order valence-corrected chi connectivity index (χ3v) is 5.47. The second-order valence-electron chi connectivity index (χ2n) is 9.64. The smallest absolute Gasteiger partial charge is 0.199 e. The minimum Gasteiger partial charge on any atom is -0.199 e. The Bertz CT molecular complexity index is 1070. The van der Waals surface area contributed by atoms with Gasteiger partial charge in [0.15, 0.2) is 0 Å². The zero-order valence-electron chi connectivity index (χ0n) is 21.4. The predicted octanol–water partition coefficient (Wildman–Crippen LogP) is 8.68. The molecule has 32 heavy (non-hydrogen) atoms. The van der Waals surface area contributed by atoms with Gasteiger partial charge in [0.05, 0.1) is 0 Å². The molecule has 0 aromatic heterocycles. The van der Waals surface area contributed by atoms with E-state index < -0.39 is 0 Å². The molecule has 0 unspecified atom stereocenters. The molecule has 0 N–H and O–H groups in total.